The van der Waals surface area contributed by atoms with Gasteiger partial charge < -0.3 is 4.74 Å². The Bertz CT molecular complexity index is 530. The second-order valence-corrected chi connectivity index (χ2v) is 5.98. The van der Waals surface area contributed by atoms with Crippen LogP contribution in [0.25, 0.3) is 0 Å². The maximum absolute atomic E-state index is 5.74. The summed E-state index contributed by atoms with van der Waals surface area (Å²) in [6, 6.07) is 16.5. The van der Waals surface area contributed by atoms with Gasteiger partial charge in [-0.1, -0.05) is 43.3 Å². The van der Waals surface area contributed by atoms with E-state index in [1.54, 1.807) is 0 Å². The predicted octanol–water partition coefficient (Wildman–Crippen LogP) is 5.33. The maximum atomic E-state index is 5.74. The Hall–Kier alpha value is -1.19. The highest BCUT2D eigenvalue weighted by molar-refractivity contribution is 9.10. The Morgan fingerprint density at radius 2 is 1.90 bits per heavy atom. The molecule has 0 aliphatic rings. The van der Waals surface area contributed by atoms with Gasteiger partial charge in [0.2, 0.25) is 0 Å². The molecule has 1 aromatic heterocycles. The van der Waals surface area contributed by atoms with E-state index in [1.807, 2.05) is 24.3 Å². The minimum atomic E-state index is 0.517. The van der Waals surface area contributed by atoms with Crippen LogP contribution >= 0.6 is 15.9 Å². The molecule has 1 aromatic carbocycles. The molecule has 2 aromatic rings. The van der Waals surface area contributed by atoms with Crippen molar-refractivity contribution in [2.24, 2.45) is 0 Å². The topological polar surface area (TPSA) is 22.1 Å². The molecule has 0 bridgehead atoms. The van der Waals surface area contributed by atoms with Crippen molar-refractivity contribution in [3.05, 3.63) is 64.4 Å². The summed E-state index contributed by atoms with van der Waals surface area (Å²) in [5.74, 6) is 0.517. The summed E-state index contributed by atoms with van der Waals surface area (Å²) in [4.78, 5) is 4.57. The molecular weight excluding hydrogens is 326 g/mol. The number of pyridine rings is 1. The molecule has 112 valence electrons. The summed E-state index contributed by atoms with van der Waals surface area (Å²) in [6.45, 7) is 3.73. The zero-order valence-corrected chi connectivity index (χ0v) is 14.1. The molecule has 2 nitrogen and oxygen atoms in total. The summed E-state index contributed by atoms with van der Waals surface area (Å²) in [5, 5.41) is 0. The molecule has 0 amide bonds. The molecule has 0 saturated carbocycles. The fourth-order valence-electron chi connectivity index (χ4n) is 2.41. The first-order valence-corrected chi connectivity index (χ1v) is 8.33. The van der Waals surface area contributed by atoms with Crippen molar-refractivity contribution in [3.63, 3.8) is 0 Å². The quantitative estimate of drug-likeness (QED) is 0.475. The summed E-state index contributed by atoms with van der Waals surface area (Å²) in [5.41, 5.74) is 2.41. The predicted molar refractivity (Wildman–Crippen MR) is 90.3 cm³/mol. The van der Waals surface area contributed by atoms with Gasteiger partial charge in [0.15, 0.2) is 0 Å². The number of hydrogen-bond acceptors (Lipinski definition) is 2. The van der Waals surface area contributed by atoms with Crippen LogP contribution in [0, 0.1) is 0 Å². The van der Waals surface area contributed by atoms with Gasteiger partial charge in [-0.15, -0.1) is 0 Å². The van der Waals surface area contributed by atoms with Crippen LogP contribution in [0.2, 0.25) is 0 Å². The van der Waals surface area contributed by atoms with Crippen LogP contribution in [-0.4, -0.2) is 11.6 Å². The molecule has 21 heavy (non-hydrogen) atoms. The van der Waals surface area contributed by atoms with Crippen molar-refractivity contribution in [2.45, 2.75) is 38.7 Å². The lowest BCUT2D eigenvalue weighted by Gasteiger charge is -2.14. The Morgan fingerprint density at radius 1 is 1.10 bits per heavy atom. The molecule has 0 saturated heterocycles. The molecule has 0 aliphatic carbocycles. The third kappa shape index (κ3) is 5.60. The Labute approximate surface area is 135 Å². The number of ether oxygens (including phenoxy) is 1. The Balaban J connectivity index is 1.71. The van der Waals surface area contributed by atoms with Gasteiger partial charge in [0.05, 0.1) is 6.61 Å². The van der Waals surface area contributed by atoms with E-state index in [1.165, 1.54) is 11.3 Å². The number of rotatable bonds is 8. The van der Waals surface area contributed by atoms with E-state index >= 15 is 0 Å². The standard InChI is InChI=1S/C18H22BrNO/c1-2-16(17-11-6-12-18(19)20-17)10-7-13-21-14-15-8-4-3-5-9-15/h3-6,8-9,11-12,16H,2,7,10,13-14H2,1H3. The van der Waals surface area contributed by atoms with Crippen LogP contribution in [0.15, 0.2) is 53.1 Å². The fourth-order valence-corrected chi connectivity index (χ4v) is 2.77. The van der Waals surface area contributed by atoms with Gasteiger partial charge in [0.1, 0.15) is 4.60 Å². The second-order valence-electron chi connectivity index (χ2n) is 5.17. The first kappa shape index (κ1) is 16.2. The Morgan fingerprint density at radius 3 is 2.62 bits per heavy atom. The summed E-state index contributed by atoms with van der Waals surface area (Å²) < 4.78 is 6.66. The van der Waals surface area contributed by atoms with Gasteiger partial charge in [0.25, 0.3) is 0 Å². The fraction of sp³-hybridized carbons (Fsp3) is 0.389. The number of halogens is 1. The third-order valence-corrected chi connectivity index (χ3v) is 4.04. The smallest absolute Gasteiger partial charge is 0.106 e. The van der Waals surface area contributed by atoms with Crippen LogP contribution in [0.4, 0.5) is 0 Å². The Kier molecular flexibility index (Phi) is 6.90. The summed E-state index contributed by atoms with van der Waals surface area (Å²) in [7, 11) is 0. The van der Waals surface area contributed by atoms with Gasteiger partial charge in [-0.05, 0) is 52.9 Å². The minimum Gasteiger partial charge on any atom is -0.377 e. The molecule has 0 aliphatic heterocycles. The summed E-state index contributed by atoms with van der Waals surface area (Å²) in [6.07, 6.45) is 3.30. The van der Waals surface area contributed by atoms with E-state index in [0.29, 0.717) is 12.5 Å². The zero-order chi connectivity index (χ0) is 14.9. The van der Waals surface area contributed by atoms with Crippen molar-refractivity contribution in [1.82, 2.24) is 4.98 Å². The van der Waals surface area contributed by atoms with Crippen molar-refractivity contribution in [2.75, 3.05) is 6.61 Å². The number of nitrogens with zero attached hydrogens (tertiary/aromatic N) is 1. The first-order valence-electron chi connectivity index (χ1n) is 7.53. The van der Waals surface area contributed by atoms with Crippen molar-refractivity contribution >= 4 is 15.9 Å². The second kappa shape index (κ2) is 8.96. The van der Waals surface area contributed by atoms with Gasteiger partial charge in [-0.25, -0.2) is 4.98 Å². The largest absolute Gasteiger partial charge is 0.377 e. The molecule has 3 heteroatoms. The molecule has 1 atom stereocenters. The number of aromatic nitrogens is 1. The van der Waals surface area contributed by atoms with Crippen LogP contribution in [0.5, 0.6) is 0 Å². The van der Waals surface area contributed by atoms with Crippen molar-refractivity contribution in [3.8, 4) is 0 Å². The lowest BCUT2D eigenvalue weighted by molar-refractivity contribution is 0.115. The number of benzene rings is 1. The van der Waals surface area contributed by atoms with Gasteiger partial charge in [0, 0.05) is 18.2 Å². The van der Waals surface area contributed by atoms with E-state index in [4.69, 9.17) is 4.74 Å². The highest BCUT2D eigenvalue weighted by atomic mass is 79.9. The first-order chi connectivity index (χ1) is 10.3. The van der Waals surface area contributed by atoms with Crippen LogP contribution in [0.1, 0.15) is 43.4 Å². The molecular formula is C18H22BrNO. The molecule has 2 rings (SSSR count). The van der Waals surface area contributed by atoms with E-state index < -0.39 is 0 Å². The van der Waals surface area contributed by atoms with Gasteiger partial charge >= 0.3 is 0 Å². The highest BCUT2D eigenvalue weighted by Gasteiger charge is 2.10. The zero-order valence-electron chi connectivity index (χ0n) is 12.5. The van der Waals surface area contributed by atoms with Crippen LogP contribution < -0.4 is 0 Å². The van der Waals surface area contributed by atoms with Gasteiger partial charge in [-0.3, -0.25) is 0 Å². The molecule has 0 N–H and O–H groups in total. The minimum absolute atomic E-state index is 0.517. The van der Waals surface area contributed by atoms with Crippen molar-refractivity contribution in [1.29, 1.82) is 0 Å². The average Bonchev–Trinajstić information content (AvgIpc) is 2.52. The number of hydrogen-bond donors (Lipinski definition) is 0. The van der Waals surface area contributed by atoms with E-state index in [9.17, 15) is 0 Å². The molecule has 1 heterocycles. The highest BCUT2D eigenvalue weighted by Crippen LogP contribution is 2.24. The third-order valence-electron chi connectivity index (χ3n) is 3.60. The summed E-state index contributed by atoms with van der Waals surface area (Å²) >= 11 is 3.44. The lowest BCUT2D eigenvalue weighted by Crippen LogP contribution is -2.03. The molecule has 1 unspecified atom stereocenters. The molecule has 0 spiro atoms. The van der Waals surface area contributed by atoms with Crippen molar-refractivity contribution < 1.29 is 4.74 Å². The average molecular weight is 348 g/mol. The van der Waals surface area contributed by atoms with E-state index in [2.05, 4.69) is 52.1 Å². The SMILES string of the molecule is CCC(CCCOCc1ccccc1)c1cccc(Br)n1. The van der Waals surface area contributed by atoms with Crippen LogP contribution in [0.3, 0.4) is 0 Å². The monoisotopic (exact) mass is 347 g/mol. The van der Waals surface area contributed by atoms with E-state index in [-0.39, 0.29) is 0 Å². The lowest BCUT2D eigenvalue weighted by atomic mass is 9.96. The van der Waals surface area contributed by atoms with Crippen LogP contribution in [-0.2, 0) is 11.3 Å². The maximum Gasteiger partial charge on any atom is 0.106 e. The molecule has 0 radical (unpaired) electrons. The normalized spacial score (nSPS) is 12.3. The van der Waals surface area contributed by atoms with Gasteiger partial charge in [-0.2, -0.15) is 0 Å². The van der Waals surface area contributed by atoms with E-state index in [0.717, 1.165) is 30.5 Å². The molecule has 0 fully saturated rings.